The minimum atomic E-state index is -3.53. The van der Waals surface area contributed by atoms with Gasteiger partial charge in [0.05, 0.1) is 37.5 Å². The van der Waals surface area contributed by atoms with Crippen LogP contribution < -0.4 is 15.4 Å². The van der Waals surface area contributed by atoms with Gasteiger partial charge in [0.25, 0.3) is 0 Å². The van der Waals surface area contributed by atoms with Gasteiger partial charge in [-0.2, -0.15) is 0 Å². The molecule has 3 N–H and O–H groups in total. The summed E-state index contributed by atoms with van der Waals surface area (Å²) in [4.78, 5) is 12.7. The maximum Gasteiger partial charge on any atom is 0.221 e. The zero-order valence-corrected chi connectivity index (χ0v) is 21.7. The number of methoxy groups -OCH3 is 1. The quantitative estimate of drug-likeness (QED) is 0.299. The van der Waals surface area contributed by atoms with Gasteiger partial charge in [-0.3, -0.25) is 4.79 Å². The maximum absolute atomic E-state index is 12.7. The van der Waals surface area contributed by atoms with Crippen LogP contribution in [0, 0.1) is 0 Å². The first-order chi connectivity index (χ1) is 16.8. The van der Waals surface area contributed by atoms with Gasteiger partial charge in [-0.05, 0) is 48.6 Å². The SMILES string of the molecule is CCCN(CCC)S(=O)(=O)CCC(=O)NC(Cc1ccoc1)C(O)CNCc1cccc(OC)c1. The normalized spacial score (nSPS) is 13.5. The second-order valence-corrected chi connectivity index (χ2v) is 10.6. The van der Waals surface area contributed by atoms with E-state index in [2.05, 4.69) is 10.6 Å². The molecule has 1 heterocycles. The molecule has 196 valence electrons. The van der Waals surface area contributed by atoms with Crippen LogP contribution in [0.4, 0.5) is 0 Å². The molecule has 0 radical (unpaired) electrons. The van der Waals surface area contributed by atoms with Crippen molar-refractivity contribution in [3.8, 4) is 5.75 Å². The van der Waals surface area contributed by atoms with Gasteiger partial charge in [0, 0.05) is 32.6 Å². The Morgan fingerprint density at radius 3 is 2.54 bits per heavy atom. The molecule has 10 heteroatoms. The summed E-state index contributed by atoms with van der Waals surface area (Å²) in [6.45, 7) is 5.49. The number of carbonyl (C=O) groups is 1. The lowest BCUT2D eigenvalue weighted by Gasteiger charge is -2.25. The number of amides is 1. The van der Waals surface area contributed by atoms with Crippen molar-refractivity contribution in [2.45, 2.75) is 58.2 Å². The number of aliphatic hydroxyl groups is 1. The standard InChI is InChI=1S/C25H39N3O6S/c1-4-11-28(12-5-2)35(31,32)14-10-25(30)27-23(16-21-9-13-34-19-21)24(29)18-26-17-20-7-6-8-22(15-20)33-3/h6-9,13,15,19,23-24,26,29H,4-5,10-12,14,16-18H2,1-3H3,(H,27,30). The first-order valence-electron chi connectivity index (χ1n) is 12.1. The Labute approximate surface area is 208 Å². The zero-order chi connectivity index (χ0) is 25.7. The first kappa shape index (κ1) is 28.8. The van der Waals surface area contributed by atoms with Crippen molar-refractivity contribution in [1.82, 2.24) is 14.9 Å². The topological polar surface area (TPSA) is 121 Å². The molecule has 0 aliphatic heterocycles. The van der Waals surface area contributed by atoms with Gasteiger partial charge in [-0.25, -0.2) is 12.7 Å². The van der Waals surface area contributed by atoms with Gasteiger partial charge < -0.3 is 24.9 Å². The van der Waals surface area contributed by atoms with Crippen LogP contribution in [0.3, 0.4) is 0 Å². The van der Waals surface area contributed by atoms with Gasteiger partial charge in [-0.15, -0.1) is 0 Å². The zero-order valence-electron chi connectivity index (χ0n) is 20.9. The second kappa shape index (κ2) is 14.9. The number of ether oxygens (including phenoxy) is 1. The third-order valence-corrected chi connectivity index (χ3v) is 7.46. The number of aliphatic hydroxyl groups excluding tert-OH is 1. The van der Waals surface area contributed by atoms with E-state index in [1.54, 1.807) is 19.4 Å². The minimum Gasteiger partial charge on any atom is -0.497 e. The van der Waals surface area contributed by atoms with Crippen LogP contribution in [0.25, 0.3) is 0 Å². The average molecular weight is 510 g/mol. The van der Waals surface area contributed by atoms with E-state index in [-0.39, 0.29) is 18.7 Å². The predicted molar refractivity (Wildman–Crippen MR) is 136 cm³/mol. The number of nitrogens with zero attached hydrogens (tertiary/aromatic N) is 1. The van der Waals surface area contributed by atoms with E-state index in [4.69, 9.17) is 9.15 Å². The van der Waals surface area contributed by atoms with E-state index >= 15 is 0 Å². The van der Waals surface area contributed by atoms with Crippen LogP contribution >= 0.6 is 0 Å². The highest BCUT2D eigenvalue weighted by Gasteiger charge is 2.25. The van der Waals surface area contributed by atoms with E-state index in [1.807, 2.05) is 38.1 Å². The molecule has 2 atom stereocenters. The molecular weight excluding hydrogens is 470 g/mol. The molecule has 2 rings (SSSR count). The number of furan rings is 1. The van der Waals surface area contributed by atoms with E-state index in [9.17, 15) is 18.3 Å². The van der Waals surface area contributed by atoms with Gasteiger partial charge in [0.1, 0.15) is 5.75 Å². The number of benzene rings is 1. The van der Waals surface area contributed by atoms with Crippen molar-refractivity contribution < 1.29 is 27.5 Å². The van der Waals surface area contributed by atoms with Crippen molar-refractivity contribution in [2.75, 3.05) is 32.5 Å². The van der Waals surface area contributed by atoms with E-state index < -0.39 is 28.1 Å². The van der Waals surface area contributed by atoms with Crippen LogP contribution in [0.5, 0.6) is 5.75 Å². The second-order valence-electron chi connectivity index (χ2n) is 8.52. The van der Waals surface area contributed by atoms with Crippen LogP contribution in [-0.4, -0.2) is 68.4 Å². The molecular formula is C25H39N3O6S. The average Bonchev–Trinajstić information content (AvgIpc) is 3.35. The van der Waals surface area contributed by atoms with E-state index in [0.717, 1.165) is 16.9 Å². The highest BCUT2D eigenvalue weighted by Crippen LogP contribution is 2.13. The fourth-order valence-corrected chi connectivity index (χ4v) is 5.38. The van der Waals surface area contributed by atoms with Gasteiger partial charge in [0.2, 0.25) is 15.9 Å². The van der Waals surface area contributed by atoms with Crippen molar-refractivity contribution in [3.05, 3.63) is 54.0 Å². The third-order valence-electron chi connectivity index (χ3n) is 5.59. The molecule has 0 spiro atoms. The Balaban J connectivity index is 1.95. The molecule has 1 aromatic heterocycles. The fourth-order valence-electron chi connectivity index (χ4n) is 3.75. The molecule has 9 nitrogen and oxygen atoms in total. The van der Waals surface area contributed by atoms with Crippen LogP contribution in [-0.2, 0) is 27.8 Å². The number of rotatable bonds is 17. The number of hydrogen-bond donors (Lipinski definition) is 3. The number of hydrogen-bond acceptors (Lipinski definition) is 7. The summed E-state index contributed by atoms with van der Waals surface area (Å²) in [5.41, 5.74) is 1.83. The Morgan fingerprint density at radius 2 is 1.91 bits per heavy atom. The predicted octanol–water partition coefficient (Wildman–Crippen LogP) is 2.31. The van der Waals surface area contributed by atoms with Crippen LogP contribution in [0.15, 0.2) is 47.3 Å². The molecule has 0 saturated carbocycles. The van der Waals surface area contributed by atoms with Crippen molar-refractivity contribution >= 4 is 15.9 Å². The van der Waals surface area contributed by atoms with Crippen molar-refractivity contribution in [3.63, 3.8) is 0 Å². The smallest absolute Gasteiger partial charge is 0.221 e. The molecule has 2 unspecified atom stereocenters. The van der Waals surface area contributed by atoms with Crippen LogP contribution in [0.1, 0.15) is 44.2 Å². The van der Waals surface area contributed by atoms with E-state index in [0.29, 0.717) is 38.9 Å². The summed E-state index contributed by atoms with van der Waals surface area (Å²) >= 11 is 0. The first-order valence-corrected chi connectivity index (χ1v) is 13.7. The molecule has 0 aliphatic rings. The van der Waals surface area contributed by atoms with Gasteiger partial charge in [-0.1, -0.05) is 26.0 Å². The summed E-state index contributed by atoms with van der Waals surface area (Å²) in [6, 6.07) is 8.78. The van der Waals surface area contributed by atoms with Crippen molar-refractivity contribution in [1.29, 1.82) is 0 Å². The summed E-state index contributed by atoms with van der Waals surface area (Å²) < 4.78 is 37.2. The number of sulfonamides is 1. The molecule has 35 heavy (non-hydrogen) atoms. The monoisotopic (exact) mass is 509 g/mol. The molecule has 1 amide bonds. The lowest BCUT2D eigenvalue weighted by molar-refractivity contribution is -0.122. The van der Waals surface area contributed by atoms with Gasteiger partial charge >= 0.3 is 0 Å². The summed E-state index contributed by atoms with van der Waals surface area (Å²) in [5, 5.41) is 16.9. The minimum absolute atomic E-state index is 0.169. The summed E-state index contributed by atoms with van der Waals surface area (Å²) in [7, 11) is -1.92. The number of carbonyl (C=O) groups excluding carboxylic acids is 1. The fraction of sp³-hybridized carbons (Fsp3) is 0.560. The molecule has 2 aromatic rings. The Morgan fingerprint density at radius 1 is 1.17 bits per heavy atom. The third kappa shape index (κ3) is 10.0. The lowest BCUT2D eigenvalue weighted by atomic mass is 10.0. The highest BCUT2D eigenvalue weighted by molar-refractivity contribution is 7.89. The van der Waals surface area contributed by atoms with Crippen molar-refractivity contribution in [2.24, 2.45) is 0 Å². The lowest BCUT2D eigenvalue weighted by Crippen LogP contribution is -2.49. The Bertz CT molecular complexity index is 975. The highest BCUT2D eigenvalue weighted by atomic mass is 32.2. The Hall–Kier alpha value is -2.40. The van der Waals surface area contributed by atoms with E-state index in [1.165, 1.54) is 10.6 Å². The van der Waals surface area contributed by atoms with Crippen LogP contribution in [0.2, 0.25) is 0 Å². The summed E-state index contributed by atoms with van der Waals surface area (Å²) in [6.07, 6.45) is 3.82. The Kier molecular flexibility index (Phi) is 12.3. The molecule has 0 saturated heterocycles. The molecule has 0 fully saturated rings. The molecule has 0 bridgehead atoms. The largest absolute Gasteiger partial charge is 0.497 e. The maximum atomic E-state index is 12.7. The van der Waals surface area contributed by atoms with Gasteiger partial charge in [0.15, 0.2) is 0 Å². The molecule has 1 aromatic carbocycles. The summed E-state index contributed by atoms with van der Waals surface area (Å²) in [5.74, 6) is 0.0738. The number of nitrogens with one attached hydrogen (secondary N) is 2. The molecule has 0 aliphatic carbocycles.